The summed E-state index contributed by atoms with van der Waals surface area (Å²) in [6, 6.07) is 23.4. The first-order chi connectivity index (χ1) is 15.2. The first-order valence-electron chi connectivity index (χ1n) is 9.74. The Morgan fingerprint density at radius 3 is 2.71 bits per heavy atom. The van der Waals surface area contributed by atoms with Crippen LogP contribution in [0.2, 0.25) is 0 Å². The van der Waals surface area contributed by atoms with E-state index >= 15 is 0 Å². The summed E-state index contributed by atoms with van der Waals surface area (Å²) in [6.07, 6.45) is 1.57. The van der Waals surface area contributed by atoms with Gasteiger partial charge in [0, 0.05) is 26.5 Å². The number of carbonyl (C=O) groups excluding carboxylic acids is 1. The molecule has 0 bridgehead atoms. The Labute approximate surface area is 182 Å². The Hall–Kier alpha value is -3.64. The van der Waals surface area contributed by atoms with Crippen molar-refractivity contribution in [1.29, 1.82) is 0 Å². The van der Waals surface area contributed by atoms with Crippen LogP contribution in [-0.4, -0.2) is 11.6 Å². The summed E-state index contributed by atoms with van der Waals surface area (Å²) in [5, 5.41) is 2.85. The second-order valence-electron chi connectivity index (χ2n) is 7.01. The summed E-state index contributed by atoms with van der Waals surface area (Å²) < 4.78 is 19.2. The van der Waals surface area contributed by atoms with Crippen LogP contribution in [0.15, 0.2) is 104 Å². The van der Waals surface area contributed by atoms with Crippen LogP contribution in [0.4, 0.5) is 10.1 Å². The molecule has 3 aromatic carbocycles. The fourth-order valence-corrected chi connectivity index (χ4v) is 4.42. The molecule has 0 saturated heterocycles. The zero-order chi connectivity index (χ0) is 21.2. The number of aliphatic imine (C=N–C) groups is 1. The van der Waals surface area contributed by atoms with Gasteiger partial charge < -0.3 is 9.73 Å². The van der Waals surface area contributed by atoms with Crippen LogP contribution in [-0.2, 0) is 6.54 Å². The van der Waals surface area contributed by atoms with Crippen molar-refractivity contribution in [3.8, 4) is 0 Å². The van der Waals surface area contributed by atoms with Crippen LogP contribution in [0.25, 0.3) is 0 Å². The van der Waals surface area contributed by atoms with Crippen molar-refractivity contribution in [2.24, 2.45) is 4.99 Å². The highest BCUT2D eigenvalue weighted by atomic mass is 32.2. The fourth-order valence-electron chi connectivity index (χ4n) is 3.42. The largest absolute Gasteiger partial charge is 0.467 e. The van der Waals surface area contributed by atoms with Gasteiger partial charge in [0.15, 0.2) is 0 Å². The van der Waals surface area contributed by atoms with Gasteiger partial charge in [-0.3, -0.25) is 4.79 Å². The van der Waals surface area contributed by atoms with E-state index in [0.717, 1.165) is 15.4 Å². The minimum absolute atomic E-state index is 0.214. The third-order valence-corrected chi connectivity index (χ3v) is 6.06. The average Bonchev–Trinajstić information content (AvgIpc) is 3.25. The lowest BCUT2D eigenvalue weighted by Crippen LogP contribution is -2.22. The molecule has 0 fully saturated rings. The summed E-state index contributed by atoms with van der Waals surface area (Å²) in [4.78, 5) is 19.5. The van der Waals surface area contributed by atoms with Gasteiger partial charge in [-0.15, -0.1) is 0 Å². The van der Waals surface area contributed by atoms with E-state index in [1.807, 2.05) is 36.4 Å². The van der Waals surface area contributed by atoms with Crippen molar-refractivity contribution in [3.05, 3.63) is 113 Å². The molecule has 1 aliphatic rings. The van der Waals surface area contributed by atoms with Gasteiger partial charge in [0.1, 0.15) is 11.6 Å². The van der Waals surface area contributed by atoms with Crippen LogP contribution < -0.4 is 5.32 Å². The van der Waals surface area contributed by atoms with Gasteiger partial charge in [-0.25, -0.2) is 9.38 Å². The SMILES string of the molecule is O=C(NCc1ccco1)c1ccc2c(c1)N=C(c1cccc(F)c1)c1ccccc1S2. The Bertz CT molecular complexity index is 1300. The molecular weight excluding hydrogens is 411 g/mol. The molecule has 0 atom stereocenters. The second kappa shape index (κ2) is 8.24. The lowest BCUT2D eigenvalue weighted by atomic mass is 10.0. The van der Waals surface area contributed by atoms with Crippen molar-refractivity contribution >= 4 is 29.1 Å². The number of nitrogens with zero attached hydrogens (tertiary/aromatic N) is 1. The van der Waals surface area contributed by atoms with E-state index in [4.69, 9.17) is 9.41 Å². The molecule has 0 spiro atoms. The van der Waals surface area contributed by atoms with Gasteiger partial charge in [0.2, 0.25) is 0 Å². The molecule has 1 aromatic heterocycles. The molecule has 5 rings (SSSR count). The zero-order valence-electron chi connectivity index (χ0n) is 16.3. The molecule has 0 saturated carbocycles. The van der Waals surface area contributed by atoms with Crippen LogP contribution in [0.1, 0.15) is 27.2 Å². The Balaban J connectivity index is 1.54. The van der Waals surface area contributed by atoms with E-state index in [0.29, 0.717) is 34.8 Å². The fraction of sp³-hybridized carbons (Fsp3) is 0.0400. The van der Waals surface area contributed by atoms with Gasteiger partial charge in [0.05, 0.1) is 24.2 Å². The van der Waals surface area contributed by atoms with E-state index in [9.17, 15) is 9.18 Å². The van der Waals surface area contributed by atoms with Crippen LogP contribution in [0, 0.1) is 5.82 Å². The van der Waals surface area contributed by atoms with Crippen molar-refractivity contribution in [1.82, 2.24) is 5.32 Å². The monoisotopic (exact) mass is 428 g/mol. The van der Waals surface area contributed by atoms with E-state index in [1.54, 1.807) is 48.4 Å². The van der Waals surface area contributed by atoms with Crippen LogP contribution in [0.3, 0.4) is 0 Å². The Morgan fingerprint density at radius 1 is 0.968 bits per heavy atom. The number of hydrogen-bond donors (Lipinski definition) is 1. The smallest absolute Gasteiger partial charge is 0.251 e. The third kappa shape index (κ3) is 4.02. The third-order valence-electron chi connectivity index (χ3n) is 4.92. The molecule has 31 heavy (non-hydrogen) atoms. The lowest BCUT2D eigenvalue weighted by Gasteiger charge is -2.09. The molecule has 0 aliphatic carbocycles. The maximum Gasteiger partial charge on any atom is 0.251 e. The molecular formula is C25H17FN2O2S. The molecule has 1 N–H and O–H groups in total. The van der Waals surface area contributed by atoms with Gasteiger partial charge in [-0.05, 0) is 48.5 Å². The number of amides is 1. The van der Waals surface area contributed by atoms with E-state index < -0.39 is 0 Å². The first-order valence-corrected chi connectivity index (χ1v) is 10.6. The maximum absolute atomic E-state index is 13.9. The Kier molecular flexibility index (Phi) is 5.14. The van der Waals surface area contributed by atoms with Crippen molar-refractivity contribution < 1.29 is 13.6 Å². The summed E-state index contributed by atoms with van der Waals surface area (Å²) in [5.41, 5.74) is 3.46. The molecule has 6 heteroatoms. The predicted octanol–water partition coefficient (Wildman–Crippen LogP) is 5.98. The van der Waals surface area contributed by atoms with Crippen molar-refractivity contribution in [2.45, 2.75) is 16.3 Å². The van der Waals surface area contributed by atoms with Crippen molar-refractivity contribution in [2.75, 3.05) is 0 Å². The predicted molar refractivity (Wildman–Crippen MR) is 119 cm³/mol. The highest BCUT2D eigenvalue weighted by Crippen LogP contribution is 2.41. The van der Waals surface area contributed by atoms with E-state index in [-0.39, 0.29) is 11.7 Å². The first kappa shape index (κ1) is 19.3. The van der Waals surface area contributed by atoms with Gasteiger partial charge in [-0.1, -0.05) is 42.1 Å². The number of nitrogens with one attached hydrogen (secondary N) is 1. The second-order valence-corrected chi connectivity index (χ2v) is 8.10. The summed E-state index contributed by atoms with van der Waals surface area (Å²) in [6.45, 7) is 0.306. The van der Waals surface area contributed by atoms with Gasteiger partial charge in [-0.2, -0.15) is 0 Å². The number of hydrogen-bond acceptors (Lipinski definition) is 4. The molecule has 4 aromatic rings. The standard InChI is InChI=1S/C25H17FN2O2S/c26-18-6-3-5-16(13-18)24-20-8-1-2-9-22(20)31-23-11-10-17(14-21(23)28-24)25(29)27-15-19-7-4-12-30-19/h1-14H,15H2,(H,27,29). The number of furan rings is 1. The molecule has 0 unspecified atom stereocenters. The van der Waals surface area contributed by atoms with Gasteiger partial charge >= 0.3 is 0 Å². The highest BCUT2D eigenvalue weighted by Gasteiger charge is 2.20. The number of halogens is 1. The summed E-state index contributed by atoms with van der Waals surface area (Å²) in [5.74, 6) is 0.148. The average molecular weight is 428 g/mol. The molecule has 0 radical (unpaired) electrons. The topological polar surface area (TPSA) is 54.6 Å². The number of fused-ring (bicyclic) bond motifs is 2. The van der Waals surface area contributed by atoms with Crippen molar-refractivity contribution in [3.63, 3.8) is 0 Å². The number of rotatable bonds is 4. The molecule has 4 nitrogen and oxygen atoms in total. The molecule has 152 valence electrons. The number of benzene rings is 3. The van der Waals surface area contributed by atoms with E-state index in [1.165, 1.54) is 12.1 Å². The lowest BCUT2D eigenvalue weighted by molar-refractivity contribution is 0.0948. The number of carbonyl (C=O) groups is 1. The minimum Gasteiger partial charge on any atom is -0.467 e. The molecule has 1 aliphatic heterocycles. The molecule has 2 heterocycles. The highest BCUT2D eigenvalue weighted by molar-refractivity contribution is 7.99. The van der Waals surface area contributed by atoms with E-state index in [2.05, 4.69) is 5.32 Å². The zero-order valence-corrected chi connectivity index (χ0v) is 17.2. The quantitative estimate of drug-likeness (QED) is 0.383. The Morgan fingerprint density at radius 2 is 1.87 bits per heavy atom. The maximum atomic E-state index is 13.9. The summed E-state index contributed by atoms with van der Waals surface area (Å²) in [7, 11) is 0. The summed E-state index contributed by atoms with van der Waals surface area (Å²) >= 11 is 1.58. The normalized spacial score (nSPS) is 12.4. The van der Waals surface area contributed by atoms with Crippen LogP contribution >= 0.6 is 11.8 Å². The molecule has 1 amide bonds. The minimum atomic E-state index is -0.319. The van der Waals surface area contributed by atoms with Crippen LogP contribution in [0.5, 0.6) is 0 Å². The van der Waals surface area contributed by atoms with Gasteiger partial charge in [0.25, 0.3) is 5.91 Å².